The van der Waals surface area contributed by atoms with Crippen LogP contribution in [0.3, 0.4) is 0 Å². The number of esters is 1. The third kappa shape index (κ3) is 3.67. The molecule has 2 aliphatic heterocycles. The maximum Gasteiger partial charge on any atom is 0.343 e. The van der Waals surface area contributed by atoms with Crippen LogP contribution in [0, 0.1) is 6.92 Å². The zero-order valence-corrected chi connectivity index (χ0v) is 17.2. The minimum absolute atomic E-state index is 0.0517. The number of anilines is 1. The van der Waals surface area contributed by atoms with E-state index < -0.39 is 11.6 Å². The quantitative estimate of drug-likeness (QED) is 0.708. The summed E-state index contributed by atoms with van der Waals surface area (Å²) >= 11 is 6.17. The van der Waals surface area contributed by atoms with E-state index in [1.54, 1.807) is 13.0 Å². The molecule has 3 heterocycles. The number of hydrogen-bond acceptors (Lipinski definition) is 7. The molecular formula is C21H22ClN3O4. The van der Waals surface area contributed by atoms with Crippen molar-refractivity contribution in [3.8, 4) is 5.75 Å². The predicted octanol–water partition coefficient (Wildman–Crippen LogP) is 3.62. The van der Waals surface area contributed by atoms with Gasteiger partial charge in [0, 0.05) is 37.2 Å². The van der Waals surface area contributed by atoms with Gasteiger partial charge >= 0.3 is 5.97 Å². The Morgan fingerprint density at radius 1 is 1.34 bits per heavy atom. The average molecular weight is 416 g/mol. The van der Waals surface area contributed by atoms with E-state index >= 15 is 0 Å². The fraction of sp³-hybridized carbons (Fsp3) is 0.429. The second kappa shape index (κ2) is 7.63. The van der Waals surface area contributed by atoms with Crippen molar-refractivity contribution in [2.45, 2.75) is 38.7 Å². The van der Waals surface area contributed by atoms with Crippen LogP contribution in [0.25, 0.3) is 0 Å². The summed E-state index contributed by atoms with van der Waals surface area (Å²) in [4.78, 5) is 35.3. The number of nitrogens with zero attached hydrogens (tertiary/aromatic N) is 3. The summed E-state index contributed by atoms with van der Waals surface area (Å²) in [5, 5.41) is 0.571. The van der Waals surface area contributed by atoms with Gasteiger partial charge in [-0.15, -0.1) is 0 Å². The Kier molecular flexibility index (Phi) is 5.17. The zero-order valence-electron chi connectivity index (χ0n) is 16.4. The molecule has 8 heteroatoms. The summed E-state index contributed by atoms with van der Waals surface area (Å²) in [7, 11) is 0. The van der Waals surface area contributed by atoms with E-state index in [0.717, 1.165) is 5.56 Å². The maximum absolute atomic E-state index is 12.8. The Labute approximate surface area is 174 Å². The first-order valence-corrected chi connectivity index (χ1v) is 10.0. The fourth-order valence-electron chi connectivity index (χ4n) is 3.95. The van der Waals surface area contributed by atoms with Crippen molar-refractivity contribution in [2.75, 3.05) is 24.6 Å². The number of aryl methyl sites for hydroxylation is 1. The molecule has 0 atom stereocenters. The molecule has 0 bridgehead atoms. The monoisotopic (exact) mass is 415 g/mol. The van der Waals surface area contributed by atoms with Crippen molar-refractivity contribution in [1.82, 2.24) is 9.97 Å². The number of aromatic nitrogens is 2. The Hall–Kier alpha value is -2.67. The van der Waals surface area contributed by atoms with E-state index in [1.165, 1.54) is 12.5 Å². The number of fused-ring (bicyclic) bond motifs is 1. The summed E-state index contributed by atoms with van der Waals surface area (Å²) in [6, 6.07) is 3.54. The molecule has 0 N–H and O–H groups in total. The lowest BCUT2D eigenvalue weighted by molar-refractivity contribution is 0.0230. The van der Waals surface area contributed by atoms with Gasteiger partial charge in [-0.25, -0.2) is 14.8 Å². The van der Waals surface area contributed by atoms with Gasteiger partial charge < -0.3 is 14.4 Å². The molecule has 1 spiro atoms. The molecule has 7 nitrogen and oxygen atoms in total. The molecular weight excluding hydrogens is 394 g/mol. The van der Waals surface area contributed by atoms with Gasteiger partial charge in [-0.05, 0) is 31.5 Å². The minimum atomic E-state index is -0.544. The van der Waals surface area contributed by atoms with E-state index in [1.807, 2.05) is 17.9 Å². The van der Waals surface area contributed by atoms with Crippen LogP contribution in [0.2, 0.25) is 5.02 Å². The summed E-state index contributed by atoms with van der Waals surface area (Å²) in [6.07, 6.45) is 4.51. The summed E-state index contributed by atoms with van der Waals surface area (Å²) in [5.74, 6) is 0.772. The minimum Gasteiger partial charge on any atom is -0.486 e. The number of hydrogen-bond donors (Lipinski definition) is 0. The molecule has 1 aromatic heterocycles. The topological polar surface area (TPSA) is 81.6 Å². The van der Waals surface area contributed by atoms with Crippen molar-refractivity contribution in [3.05, 3.63) is 46.4 Å². The van der Waals surface area contributed by atoms with Gasteiger partial charge in [0.1, 0.15) is 29.1 Å². The van der Waals surface area contributed by atoms with E-state index in [9.17, 15) is 9.59 Å². The highest BCUT2D eigenvalue weighted by molar-refractivity contribution is 6.31. The molecule has 152 valence electrons. The number of piperidine rings is 1. The molecule has 0 saturated carbocycles. The van der Waals surface area contributed by atoms with E-state index in [-0.39, 0.29) is 12.4 Å². The highest BCUT2D eigenvalue weighted by Gasteiger charge is 2.43. The molecule has 4 rings (SSSR count). The van der Waals surface area contributed by atoms with E-state index in [0.29, 0.717) is 60.1 Å². The van der Waals surface area contributed by atoms with E-state index in [2.05, 4.69) is 9.97 Å². The molecule has 0 amide bonds. The number of rotatable bonds is 3. The highest BCUT2D eigenvalue weighted by atomic mass is 35.5. The first-order chi connectivity index (χ1) is 13.9. The summed E-state index contributed by atoms with van der Waals surface area (Å²) < 4.78 is 11.5. The van der Waals surface area contributed by atoms with Gasteiger partial charge in [0.25, 0.3) is 0 Å². The van der Waals surface area contributed by atoms with Crippen LogP contribution >= 0.6 is 11.6 Å². The van der Waals surface area contributed by atoms with Crippen molar-refractivity contribution in [2.24, 2.45) is 0 Å². The number of halogens is 1. The number of carbonyl (C=O) groups excluding carboxylic acids is 2. The molecule has 1 fully saturated rings. The number of Topliss-reactive ketones (excluding diaryl/α,β-unsaturated/α-hetero) is 1. The second-order valence-electron chi connectivity index (χ2n) is 7.45. The van der Waals surface area contributed by atoms with Gasteiger partial charge in [0.2, 0.25) is 0 Å². The third-order valence-corrected chi connectivity index (χ3v) is 5.94. The predicted molar refractivity (Wildman–Crippen MR) is 108 cm³/mol. The SMILES string of the molecule is CCOC(=O)c1cncnc1N1CCC2(CC1)CC(=O)c1cc(Cl)c(C)cc1O2. The normalized spacial score (nSPS) is 17.6. The molecule has 0 aliphatic carbocycles. The van der Waals surface area contributed by atoms with Crippen LogP contribution < -0.4 is 9.64 Å². The van der Waals surface area contributed by atoms with Gasteiger partial charge in [0.15, 0.2) is 5.78 Å². The van der Waals surface area contributed by atoms with Crippen molar-refractivity contribution in [3.63, 3.8) is 0 Å². The van der Waals surface area contributed by atoms with E-state index in [4.69, 9.17) is 21.1 Å². The first-order valence-electron chi connectivity index (χ1n) is 9.67. The van der Waals surface area contributed by atoms with Gasteiger partial charge in [0.05, 0.1) is 18.6 Å². The molecule has 2 aliphatic rings. The molecule has 1 aromatic carbocycles. The second-order valence-corrected chi connectivity index (χ2v) is 7.86. The van der Waals surface area contributed by atoms with Gasteiger partial charge in [-0.2, -0.15) is 0 Å². The molecule has 1 saturated heterocycles. The van der Waals surface area contributed by atoms with Crippen LogP contribution in [-0.2, 0) is 4.74 Å². The lowest BCUT2D eigenvalue weighted by Crippen LogP contribution is -2.51. The first kappa shape index (κ1) is 19.6. The smallest absolute Gasteiger partial charge is 0.343 e. The van der Waals surface area contributed by atoms with Crippen molar-refractivity contribution >= 4 is 29.2 Å². The Bertz CT molecular complexity index is 970. The molecule has 0 radical (unpaired) electrons. The zero-order chi connectivity index (χ0) is 20.6. The summed E-state index contributed by atoms with van der Waals surface area (Å²) in [6.45, 7) is 5.16. The molecule has 0 unspecified atom stereocenters. The average Bonchev–Trinajstić information content (AvgIpc) is 2.70. The number of ketones is 1. The number of benzene rings is 1. The lowest BCUT2D eigenvalue weighted by atomic mass is 9.82. The number of carbonyl (C=O) groups is 2. The van der Waals surface area contributed by atoms with Crippen LogP contribution in [-0.4, -0.2) is 47.0 Å². The van der Waals surface area contributed by atoms with Crippen LogP contribution in [0.1, 0.15) is 52.5 Å². The Morgan fingerprint density at radius 3 is 2.83 bits per heavy atom. The van der Waals surface area contributed by atoms with Crippen molar-refractivity contribution < 1.29 is 19.1 Å². The largest absolute Gasteiger partial charge is 0.486 e. The van der Waals surface area contributed by atoms with Gasteiger partial charge in [-0.3, -0.25) is 4.79 Å². The number of ether oxygens (including phenoxy) is 2. The lowest BCUT2D eigenvalue weighted by Gasteiger charge is -2.44. The maximum atomic E-state index is 12.8. The molecule has 2 aromatic rings. The fourth-order valence-corrected chi connectivity index (χ4v) is 4.11. The standard InChI is InChI=1S/C21H22ClN3O4/c1-3-28-20(27)15-11-23-12-24-19(15)25-6-4-21(5-7-25)10-17(26)14-9-16(22)13(2)8-18(14)29-21/h8-9,11-12H,3-7,10H2,1-2H3. The Morgan fingerprint density at radius 2 is 2.10 bits per heavy atom. The van der Waals surface area contributed by atoms with Gasteiger partial charge in [-0.1, -0.05) is 11.6 Å². The van der Waals surface area contributed by atoms with Crippen LogP contribution in [0.15, 0.2) is 24.7 Å². The summed E-state index contributed by atoms with van der Waals surface area (Å²) in [5.41, 5.74) is 1.24. The van der Waals surface area contributed by atoms with Crippen LogP contribution in [0.4, 0.5) is 5.82 Å². The third-order valence-electron chi connectivity index (χ3n) is 5.53. The van der Waals surface area contributed by atoms with Crippen LogP contribution in [0.5, 0.6) is 5.75 Å². The van der Waals surface area contributed by atoms with Crippen molar-refractivity contribution in [1.29, 1.82) is 0 Å². The highest BCUT2D eigenvalue weighted by Crippen LogP contribution is 2.41. The Balaban J connectivity index is 1.54. The molecule has 29 heavy (non-hydrogen) atoms.